The van der Waals surface area contributed by atoms with Crippen LogP contribution in [0, 0.1) is 0 Å². The Bertz CT molecular complexity index is 1090. The Labute approximate surface area is 239 Å². The van der Waals surface area contributed by atoms with Gasteiger partial charge in [-0.1, -0.05) is 18.6 Å². The van der Waals surface area contributed by atoms with E-state index < -0.39 is 12.0 Å². The number of carbonyl (C=O) groups is 2. The molecule has 0 unspecified atom stereocenters. The van der Waals surface area contributed by atoms with Crippen LogP contribution in [0.4, 0.5) is 23.0 Å². The van der Waals surface area contributed by atoms with Crippen LogP contribution in [0.25, 0.3) is 0 Å². The normalized spacial score (nSPS) is 12.0. The molecule has 7 N–H and O–H groups in total. The van der Waals surface area contributed by atoms with Gasteiger partial charge in [0.15, 0.2) is 11.6 Å². The van der Waals surface area contributed by atoms with Crippen LogP contribution in [0.5, 0.6) is 5.75 Å². The van der Waals surface area contributed by atoms with Crippen molar-refractivity contribution in [3.63, 3.8) is 0 Å². The van der Waals surface area contributed by atoms with E-state index in [2.05, 4.69) is 20.5 Å². The molecule has 226 valence electrons. The van der Waals surface area contributed by atoms with Crippen molar-refractivity contribution in [1.29, 1.82) is 0 Å². The van der Waals surface area contributed by atoms with Crippen molar-refractivity contribution in [2.45, 2.75) is 31.7 Å². The molecule has 0 spiro atoms. The quantitative estimate of drug-likeness (QED) is 0.0735. The van der Waals surface area contributed by atoms with E-state index in [9.17, 15) is 9.59 Å². The monoisotopic (exact) mass is 575 g/mol. The molecule has 0 aliphatic rings. The highest BCUT2D eigenvalue weighted by Gasteiger charge is 2.15. The van der Waals surface area contributed by atoms with Crippen molar-refractivity contribution in [2.24, 2.45) is 21.7 Å². The van der Waals surface area contributed by atoms with Crippen LogP contribution >= 0.6 is 0 Å². The molecule has 0 bridgehead atoms. The second kappa shape index (κ2) is 20.4. The van der Waals surface area contributed by atoms with Gasteiger partial charge in [-0.25, -0.2) is 4.98 Å². The summed E-state index contributed by atoms with van der Waals surface area (Å²) in [5.41, 5.74) is 18.0. The molecule has 1 aromatic carbocycles. The Morgan fingerprint density at radius 2 is 1.56 bits per heavy atom. The third-order valence-electron chi connectivity index (χ3n) is 5.44. The standard InChI is InChI=1S/C27H41N7O7/c1-37-14-15-39-18-19-40-17-16-38-13-11-25(35)41-23-8-3-2-7-21(23)33-34-22-9-10-24(31-26(22)30)32-27(36)20(29)6-4-5-12-28/h2-3,7-10,20H,4-6,11-19,28-29H2,1H3,(H3,30,31,32,36)/t20-/m0/s1. The van der Waals surface area contributed by atoms with E-state index in [-0.39, 0.29) is 42.0 Å². The number of amides is 1. The van der Waals surface area contributed by atoms with Crippen molar-refractivity contribution in [1.82, 2.24) is 4.98 Å². The summed E-state index contributed by atoms with van der Waals surface area (Å²) in [6.07, 6.45) is 2.12. The number of hydrogen-bond acceptors (Lipinski definition) is 13. The first-order chi connectivity index (χ1) is 19.9. The van der Waals surface area contributed by atoms with E-state index in [1.54, 1.807) is 43.5 Å². The summed E-state index contributed by atoms with van der Waals surface area (Å²) in [4.78, 5) is 28.7. The van der Waals surface area contributed by atoms with Crippen molar-refractivity contribution in [2.75, 3.05) is 71.0 Å². The summed E-state index contributed by atoms with van der Waals surface area (Å²) >= 11 is 0. The summed E-state index contributed by atoms with van der Waals surface area (Å²) in [5, 5.41) is 10.9. The summed E-state index contributed by atoms with van der Waals surface area (Å²) in [6, 6.07) is 9.12. The number of nitrogen functional groups attached to an aromatic ring is 1. The molecule has 0 aliphatic heterocycles. The number of unbranched alkanes of at least 4 members (excludes halogenated alkanes) is 1. The van der Waals surface area contributed by atoms with Crippen LogP contribution in [0.2, 0.25) is 0 Å². The minimum Gasteiger partial charge on any atom is -0.424 e. The van der Waals surface area contributed by atoms with Crippen LogP contribution < -0.4 is 27.3 Å². The number of carbonyl (C=O) groups excluding carboxylic acids is 2. The minimum atomic E-state index is -0.675. The van der Waals surface area contributed by atoms with Crippen LogP contribution in [-0.2, 0) is 28.5 Å². The Morgan fingerprint density at radius 1 is 0.902 bits per heavy atom. The van der Waals surface area contributed by atoms with Gasteiger partial charge in [0.05, 0.1) is 58.7 Å². The number of azo groups is 1. The second-order valence-electron chi connectivity index (χ2n) is 8.70. The Hall–Kier alpha value is -3.53. The fourth-order valence-corrected chi connectivity index (χ4v) is 3.23. The molecule has 0 aliphatic carbocycles. The topological polar surface area (TPSA) is 208 Å². The number of rotatable bonds is 21. The average molecular weight is 576 g/mol. The first-order valence-corrected chi connectivity index (χ1v) is 13.4. The average Bonchev–Trinajstić information content (AvgIpc) is 2.96. The maximum atomic E-state index is 12.3. The molecule has 14 nitrogen and oxygen atoms in total. The molecular weight excluding hydrogens is 534 g/mol. The largest absolute Gasteiger partial charge is 0.424 e. The smallest absolute Gasteiger partial charge is 0.313 e. The van der Waals surface area contributed by atoms with Crippen LogP contribution in [0.1, 0.15) is 25.7 Å². The zero-order valence-electron chi connectivity index (χ0n) is 23.5. The molecule has 41 heavy (non-hydrogen) atoms. The number of para-hydroxylation sites is 1. The first kappa shape index (κ1) is 33.7. The molecule has 14 heteroatoms. The Balaban J connectivity index is 1.78. The van der Waals surface area contributed by atoms with Gasteiger partial charge < -0.3 is 46.2 Å². The van der Waals surface area contributed by atoms with Crippen molar-refractivity contribution >= 4 is 34.9 Å². The van der Waals surface area contributed by atoms with E-state index in [1.165, 1.54) is 0 Å². The molecule has 2 aromatic rings. The summed E-state index contributed by atoms with van der Waals surface area (Å²) in [6.45, 7) is 3.46. The van der Waals surface area contributed by atoms with Gasteiger partial charge >= 0.3 is 5.97 Å². The lowest BCUT2D eigenvalue weighted by molar-refractivity contribution is -0.135. The molecule has 0 fully saturated rings. The number of nitrogens with zero attached hydrogens (tertiary/aromatic N) is 3. The minimum absolute atomic E-state index is 0.0479. The van der Waals surface area contributed by atoms with Gasteiger partial charge in [0.25, 0.3) is 0 Å². The van der Waals surface area contributed by atoms with Gasteiger partial charge in [-0.05, 0) is 43.7 Å². The lowest BCUT2D eigenvalue weighted by atomic mass is 10.1. The number of nitrogens with one attached hydrogen (secondary N) is 1. The number of hydrogen-bond donors (Lipinski definition) is 4. The molecule has 0 saturated heterocycles. The fourth-order valence-electron chi connectivity index (χ4n) is 3.23. The highest BCUT2D eigenvalue weighted by atomic mass is 16.6. The van der Waals surface area contributed by atoms with E-state index in [0.29, 0.717) is 58.3 Å². The van der Waals surface area contributed by atoms with E-state index in [1.807, 2.05) is 0 Å². The predicted octanol–water partition coefficient (Wildman–Crippen LogP) is 2.47. The highest BCUT2D eigenvalue weighted by molar-refractivity contribution is 5.94. The number of nitrogens with two attached hydrogens (primary N) is 3. The third kappa shape index (κ3) is 14.1. The second-order valence-corrected chi connectivity index (χ2v) is 8.70. The molecule has 0 radical (unpaired) electrons. The lowest BCUT2D eigenvalue weighted by Crippen LogP contribution is -2.35. The molecule has 1 aromatic heterocycles. The first-order valence-electron chi connectivity index (χ1n) is 13.4. The van der Waals surface area contributed by atoms with Crippen LogP contribution in [0.15, 0.2) is 46.6 Å². The van der Waals surface area contributed by atoms with Gasteiger partial charge in [0.1, 0.15) is 17.2 Å². The van der Waals surface area contributed by atoms with Crippen molar-refractivity contribution in [3.05, 3.63) is 36.4 Å². The number of pyridine rings is 1. The number of methoxy groups -OCH3 is 1. The number of anilines is 2. The number of ether oxygens (including phenoxy) is 5. The summed E-state index contributed by atoms with van der Waals surface area (Å²) in [5.74, 6) is -0.315. The van der Waals surface area contributed by atoms with Gasteiger partial charge in [-0.15, -0.1) is 10.2 Å². The molecule has 2 rings (SSSR count). The van der Waals surface area contributed by atoms with E-state index >= 15 is 0 Å². The fraction of sp³-hybridized carbons (Fsp3) is 0.519. The zero-order valence-corrected chi connectivity index (χ0v) is 23.5. The van der Waals surface area contributed by atoms with E-state index in [0.717, 1.165) is 12.8 Å². The molecular formula is C27H41N7O7. The van der Waals surface area contributed by atoms with Crippen LogP contribution in [-0.4, -0.2) is 82.8 Å². The molecule has 1 heterocycles. The maximum absolute atomic E-state index is 12.3. The van der Waals surface area contributed by atoms with Crippen LogP contribution in [0.3, 0.4) is 0 Å². The number of aromatic nitrogens is 1. The van der Waals surface area contributed by atoms with Gasteiger partial charge in [-0.2, -0.15) is 0 Å². The van der Waals surface area contributed by atoms with E-state index in [4.69, 9.17) is 40.9 Å². The summed E-state index contributed by atoms with van der Waals surface area (Å²) in [7, 11) is 1.61. The van der Waals surface area contributed by atoms with Gasteiger partial charge in [-0.3, -0.25) is 9.59 Å². The molecule has 1 amide bonds. The van der Waals surface area contributed by atoms with Crippen molar-refractivity contribution in [3.8, 4) is 5.75 Å². The summed E-state index contributed by atoms with van der Waals surface area (Å²) < 4.78 is 26.4. The molecule has 0 saturated carbocycles. The van der Waals surface area contributed by atoms with Gasteiger partial charge in [0, 0.05) is 7.11 Å². The lowest BCUT2D eigenvalue weighted by Gasteiger charge is -2.12. The number of benzene rings is 1. The third-order valence-corrected chi connectivity index (χ3v) is 5.44. The Kier molecular flexibility index (Phi) is 16.7. The predicted molar refractivity (Wildman–Crippen MR) is 153 cm³/mol. The maximum Gasteiger partial charge on any atom is 0.313 e. The Morgan fingerprint density at radius 3 is 2.24 bits per heavy atom. The highest BCUT2D eigenvalue weighted by Crippen LogP contribution is 2.30. The zero-order chi connectivity index (χ0) is 29.7. The van der Waals surface area contributed by atoms with Crippen molar-refractivity contribution < 1.29 is 33.3 Å². The number of esters is 1. The SMILES string of the molecule is COCCOCCOCCOCCC(=O)Oc1ccccc1N=Nc1ccc(NC(=O)[C@@H](N)CCCCN)nc1N. The van der Waals surface area contributed by atoms with Gasteiger partial charge in [0.2, 0.25) is 5.91 Å². The molecule has 1 atom stereocenters.